The number of hydrogen-bond acceptors (Lipinski definition) is 4. The number of carbonyl (C=O) groups is 1. The van der Waals surface area contributed by atoms with E-state index >= 15 is 0 Å². The Morgan fingerprint density at radius 3 is 2.65 bits per heavy atom. The van der Waals surface area contributed by atoms with E-state index in [0.717, 1.165) is 19.5 Å². The Labute approximate surface area is 139 Å². The average Bonchev–Trinajstić information content (AvgIpc) is 2.94. The molecule has 1 unspecified atom stereocenters. The summed E-state index contributed by atoms with van der Waals surface area (Å²) in [5.41, 5.74) is 0.901. The Kier molecular flexibility index (Phi) is 6.19. The molecule has 4 nitrogen and oxygen atoms in total. The minimum atomic E-state index is -0.449. The van der Waals surface area contributed by atoms with Gasteiger partial charge in [0, 0.05) is 12.6 Å². The molecule has 0 N–H and O–H groups in total. The average molecular weight is 319 g/mol. The molecule has 2 rings (SSSR count). The Balaban J connectivity index is 1.70. The lowest BCUT2D eigenvalue weighted by molar-refractivity contribution is -0.160. The molecule has 0 bridgehead atoms. The Morgan fingerprint density at radius 1 is 1.30 bits per heavy atom. The predicted octanol–water partition coefficient (Wildman–Crippen LogP) is 3.43. The van der Waals surface area contributed by atoms with Gasteiger partial charge in [0.25, 0.3) is 0 Å². The van der Waals surface area contributed by atoms with Crippen LogP contribution in [-0.2, 0) is 14.3 Å². The van der Waals surface area contributed by atoms with Crippen molar-refractivity contribution < 1.29 is 14.3 Å². The van der Waals surface area contributed by atoms with Gasteiger partial charge in [-0.2, -0.15) is 0 Å². The van der Waals surface area contributed by atoms with E-state index in [1.165, 1.54) is 5.56 Å². The van der Waals surface area contributed by atoms with E-state index in [1.54, 1.807) is 0 Å². The van der Waals surface area contributed by atoms with E-state index in [2.05, 4.69) is 36.1 Å². The van der Waals surface area contributed by atoms with Gasteiger partial charge in [-0.05, 0) is 52.1 Å². The van der Waals surface area contributed by atoms with Crippen LogP contribution >= 0.6 is 0 Å². The van der Waals surface area contributed by atoms with Crippen molar-refractivity contribution >= 4 is 5.97 Å². The van der Waals surface area contributed by atoms with Crippen molar-refractivity contribution in [2.75, 3.05) is 26.3 Å². The number of benzene rings is 1. The summed E-state index contributed by atoms with van der Waals surface area (Å²) in [6.07, 6.45) is 1.12. The van der Waals surface area contributed by atoms with Gasteiger partial charge in [0.1, 0.15) is 12.2 Å². The standard InChI is InChI=1S/C19H29NO3/c1-15(17-8-6-5-7-9-17)20-11-10-16(12-20)13-22-14-18(21)23-19(2,3)4/h5-9,15-16H,10-14H2,1-4H3/t15-,16?/m1/s1. The predicted molar refractivity (Wildman–Crippen MR) is 91.2 cm³/mol. The van der Waals surface area contributed by atoms with Crippen molar-refractivity contribution in [1.82, 2.24) is 4.90 Å². The number of rotatable bonds is 6. The second-order valence-corrected chi connectivity index (χ2v) is 7.34. The molecule has 0 aromatic heterocycles. The molecule has 0 spiro atoms. The van der Waals surface area contributed by atoms with Gasteiger partial charge in [0.15, 0.2) is 0 Å². The summed E-state index contributed by atoms with van der Waals surface area (Å²) in [5.74, 6) is 0.202. The molecule has 1 aliphatic rings. The SMILES string of the molecule is C[C@H](c1ccccc1)N1CCC(COCC(=O)OC(C)(C)C)C1. The molecule has 1 saturated heterocycles. The van der Waals surface area contributed by atoms with Gasteiger partial charge in [-0.1, -0.05) is 30.3 Å². The molecule has 2 atom stereocenters. The maximum absolute atomic E-state index is 11.6. The molecule has 23 heavy (non-hydrogen) atoms. The van der Waals surface area contributed by atoms with Crippen LogP contribution in [-0.4, -0.2) is 42.8 Å². The molecular formula is C19H29NO3. The van der Waals surface area contributed by atoms with Gasteiger partial charge in [0.05, 0.1) is 6.61 Å². The third-order valence-electron chi connectivity index (χ3n) is 4.14. The van der Waals surface area contributed by atoms with Gasteiger partial charge in [-0.3, -0.25) is 4.90 Å². The van der Waals surface area contributed by atoms with Crippen LogP contribution in [0.25, 0.3) is 0 Å². The maximum atomic E-state index is 11.6. The molecule has 128 valence electrons. The Bertz CT molecular complexity index is 495. The van der Waals surface area contributed by atoms with E-state index in [-0.39, 0.29) is 12.6 Å². The van der Waals surface area contributed by atoms with E-state index in [9.17, 15) is 4.79 Å². The molecule has 0 amide bonds. The van der Waals surface area contributed by atoms with Crippen molar-refractivity contribution in [2.45, 2.75) is 45.8 Å². The zero-order valence-electron chi connectivity index (χ0n) is 14.7. The van der Waals surface area contributed by atoms with Gasteiger partial charge in [-0.15, -0.1) is 0 Å². The number of carbonyl (C=O) groups excluding carboxylic acids is 1. The summed E-state index contributed by atoms with van der Waals surface area (Å²) >= 11 is 0. The maximum Gasteiger partial charge on any atom is 0.332 e. The summed E-state index contributed by atoms with van der Waals surface area (Å²) < 4.78 is 10.8. The van der Waals surface area contributed by atoms with Crippen LogP contribution in [0.3, 0.4) is 0 Å². The van der Waals surface area contributed by atoms with Crippen LogP contribution in [0.1, 0.15) is 45.7 Å². The molecule has 0 saturated carbocycles. The summed E-state index contributed by atoms with van der Waals surface area (Å²) in [4.78, 5) is 14.1. The molecule has 4 heteroatoms. The van der Waals surface area contributed by atoms with Crippen LogP contribution in [0.5, 0.6) is 0 Å². The van der Waals surface area contributed by atoms with Crippen LogP contribution in [0, 0.1) is 5.92 Å². The van der Waals surface area contributed by atoms with Gasteiger partial charge >= 0.3 is 5.97 Å². The van der Waals surface area contributed by atoms with Crippen LogP contribution in [0.4, 0.5) is 0 Å². The number of ether oxygens (including phenoxy) is 2. The van der Waals surface area contributed by atoms with E-state index < -0.39 is 5.60 Å². The molecule has 0 aliphatic carbocycles. The first kappa shape index (κ1) is 18.0. The van der Waals surface area contributed by atoms with Crippen molar-refractivity contribution in [1.29, 1.82) is 0 Å². The number of likely N-dealkylation sites (tertiary alicyclic amines) is 1. The van der Waals surface area contributed by atoms with Gasteiger partial charge < -0.3 is 9.47 Å². The van der Waals surface area contributed by atoms with Crippen LogP contribution in [0.2, 0.25) is 0 Å². The smallest absolute Gasteiger partial charge is 0.332 e. The fourth-order valence-electron chi connectivity index (χ4n) is 2.97. The second kappa shape index (κ2) is 7.93. The fourth-order valence-corrected chi connectivity index (χ4v) is 2.97. The first-order valence-corrected chi connectivity index (χ1v) is 8.44. The summed E-state index contributed by atoms with van der Waals surface area (Å²) in [7, 11) is 0. The lowest BCUT2D eigenvalue weighted by atomic mass is 10.1. The number of nitrogens with zero attached hydrogens (tertiary/aromatic N) is 1. The highest BCUT2D eigenvalue weighted by molar-refractivity contribution is 5.71. The fraction of sp³-hybridized carbons (Fsp3) is 0.632. The third kappa shape index (κ3) is 5.96. The summed E-state index contributed by atoms with van der Waals surface area (Å²) in [5, 5.41) is 0. The van der Waals surface area contributed by atoms with Crippen molar-refractivity contribution in [2.24, 2.45) is 5.92 Å². The normalized spacial score (nSPS) is 20.4. The quantitative estimate of drug-likeness (QED) is 0.753. The minimum Gasteiger partial charge on any atom is -0.458 e. The van der Waals surface area contributed by atoms with Crippen molar-refractivity contribution in [3.8, 4) is 0 Å². The lowest BCUT2D eigenvalue weighted by Gasteiger charge is -2.24. The van der Waals surface area contributed by atoms with Crippen molar-refractivity contribution in [3.05, 3.63) is 35.9 Å². The molecular weight excluding hydrogens is 290 g/mol. The summed E-state index contributed by atoms with van der Waals surface area (Å²) in [6.45, 7) is 10.6. The first-order chi connectivity index (χ1) is 10.8. The van der Waals surface area contributed by atoms with Crippen molar-refractivity contribution in [3.63, 3.8) is 0 Å². The molecule has 1 aromatic rings. The van der Waals surface area contributed by atoms with Gasteiger partial charge in [0.2, 0.25) is 0 Å². The first-order valence-electron chi connectivity index (χ1n) is 8.44. The zero-order chi connectivity index (χ0) is 16.9. The zero-order valence-corrected chi connectivity index (χ0v) is 14.7. The number of hydrogen-bond donors (Lipinski definition) is 0. The Hall–Kier alpha value is -1.39. The highest BCUT2D eigenvalue weighted by atomic mass is 16.6. The molecule has 1 aromatic carbocycles. The molecule has 0 radical (unpaired) electrons. The van der Waals surface area contributed by atoms with E-state index in [0.29, 0.717) is 18.6 Å². The van der Waals surface area contributed by atoms with E-state index in [1.807, 2.05) is 26.8 Å². The van der Waals surface area contributed by atoms with Gasteiger partial charge in [-0.25, -0.2) is 4.79 Å². The monoisotopic (exact) mass is 319 g/mol. The highest BCUT2D eigenvalue weighted by Crippen LogP contribution is 2.27. The Morgan fingerprint density at radius 2 is 2.00 bits per heavy atom. The topological polar surface area (TPSA) is 38.8 Å². The largest absolute Gasteiger partial charge is 0.458 e. The minimum absolute atomic E-state index is 0.0437. The second-order valence-electron chi connectivity index (χ2n) is 7.34. The third-order valence-corrected chi connectivity index (χ3v) is 4.14. The summed E-state index contributed by atoms with van der Waals surface area (Å²) in [6, 6.07) is 11.0. The number of esters is 1. The molecule has 1 fully saturated rings. The lowest BCUT2D eigenvalue weighted by Crippen LogP contribution is -2.28. The van der Waals surface area contributed by atoms with E-state index in [4.69, 9.17) is 9.47 Å². The molecule has 1 heterocycles. The highest BCUT2D eigenvalue weighted by Gasteiger charge is 2.27. The van der Waals surface area contributed by atoms with Crippen LogP contribution < -0.4 is 0 Å². The molecule has 1 aliphatic heterocycles. The van der Waals surface area contributed by atoms with Crippen LogP contribution in [0.15, 0.2) is 30.3 Å².